The van der Waals surface area contributed by atoms with Crippen LogP contribution in [-0.4, -0.2) is 17.0 Å². The fourth-order valence-corrected chi connectivity index (χ4v) is 7.69. The molecule has 0 aromatic rings. The van der Waals surface area contributed by atoms with Gasteiger partial charge in [0, 0.05) is 11.8 Å². The van der Waals surface area contributed by atoms with Crippen molar-refractivity contribution in [1.29, 1.82) is 0 Å². The predicted molar refractivity (Wildman–Crippen MR) is 87.4 cm³/mol. The number of carbonyl (C=O) groups is 1. The molecule has 0 aromatic heterocycles. The molecule has 4 aliphatic carbocycles. The molecule has 124 valence electrons. The first-order chi connectivity index (χ1) is 10.1. The summed E-state index contributed by atoms with van der Waals surface area (Å²) in [6, 6.07) is 0. The molecule has 2 bridgehead atoms. The van der Waals surface area contributed by atoms with Gasteiger partial charge in [-0.1, -0.05) is 34.1 Å². The first-order valence-electron chi connectivity index (χ1n) is 9.36. The molecule has 6 atom stereocenters. The molecule has 1 N–H and O–H groups in total. The van der Waals surface area contributed by atoms with Crippen molar-refractivity contribution < 1.29 is 9.90 Å². The molecule has 4 fully saturated rings. The zero-order valence-electron chi connectivity index (χ0n) is 14.7. The van der Waals surface area contributed by atoms with E-state index in [4.69, 9.17) is 0 Å². The van der Waals surface area contributed by atoms with E-state index in [2.05, 4.69) is 27.7 Å². The van der Waals surface area contributed by atoms with E-state index in [0.29, 0.717) is 29.0 Å². The normalized spacial score (nSPS) is 56.4. The second-order valence-electron chi connectivity index (χ2n) is 10.2. The van der Waals surface area contributed by atoms with Crippen LogP contribution in [0.4, 0.5) is 0 Å². The van der Waals surface area contributed by atoms with Gasteiger partial charge in [-0.2, -0.15) is 0 Å². The maximum Gasteiger partial charge on any atom is 0.139 e. The number of hydrogen-bond donors (Lipinski definition) is 1. The third kappa shape index (κ3) is 1.58. The molecule has 2 nitrogen and oxygen atoms in total. The zero-order valence-corrected chi connectivity index (χ0v) is 14.7. The van der Waals surface area contributed by atoms with Crippen LogP contribution in [0.3, 0.4) is 0 Å². The van der Waals surface area contributed by atoms with E-state index in [0.717, 1.165) is 19.3 Å². The Morgan fingerprint density at radius 3 is 2.50 bits per heavy atom. The van der Waals surface area contributed by atoms with Gasteiger partial charge in [0.25, 0.3) is 0 Å². The highest BCUT2D eigenvalue weighted by atomic mass is 16.3. The third-order valence-electron chi connectivity index (χ3n) is 8.93. The Morgan fingerprint density at radius 2 is 1.77 bits per heavy atom. The van der Waals surface area contributed by atoms with Crippen molar-refractivity contribution in [3.05, 3.63) is 0 Å². The van der Waals surface area contributed by atoms with Gasteiger partial charge < -0.3 is 5.11 Å². The molecular formula is C20H32O2. The minimum atomic E-state index is -0.262. The number of fused-ring (bicyclic) bond motifs is 2. The highest BCUT2D eigenvalue weighted by Crippen LogP contribution is 2.75. The fraction of sp³-hybridized carbons (Fsp3) is 0.950. The van der Waals surface area contributed by atoms with Crippen LogP contribution in [-0.2, 0) is 4.79 Å². The number of aliphatic hydroxyl groups excluding tert-OH is 1. The lowest BCUT2D eigenvalue weighted by Crippen LogP contribution is -2.63. The largest absolute Gasteiger partial charge is 0.393 e. The van der Waals surface area contributed by atoms with Crippen LogP contribution in [0.25, 0.3) is 0 Å². The predicted octanol–water partition coefficient (Wildman–Crippen LogP) is 4.35. The van der Waals surface area contributed by atoms with Crippen LogP contribution in [0.15, 0.2) is 0 Å². The summed E-state index contributed by atoms with van der Waals surface area (Å²) in [6.07, 6.45) is 8.46. The van der Waals surface area contributed by atoms with E-state index in [-0.39, 0.29) is 22.9 Å². The molecule has 0 aromatic carbocycles. The standard InChI is InChI=1S/C20H32O2/c1-17(2)6-5-7-19(4)15(17)11-14(21)13-10-16(22)18(3)8-9-20(13,19)12-18/h13-15,21H,5-12H2,1-4H3/t13-,14+,15+,18?,19+,20+/m1/s1. The fourth-order valence-electron chi connectivity index (χ4n) is 7.69. The molecule has 4 saturated carbocycles. The summed E-state index contributed by atoms with van der Waals surface area (Å²) in [6.45, 7) is 9.56. The van der Waals surface area contributed by atoms with Gasteiger partial charge >= 0.3 is 0 Å². The molecule has 1 spiro atoms. The molecule has 2 heteroatoms. The number of ketones is 1. The Bertz CT molecular complexity index is 524. The lowest BCUT2D eigenvalue weighted by molar-refractivity contribution is -0.209. The number of Topliss-reactive ketones (excluding diaryl/α,β-unsaturated/α-hetero) is 1. The van der Waals surface area contributed by atoms with Crippen LogP contribution in [0.1, 0.15) is 79.1 Å². The average molecular weight is 304 g/mol. The smallest absolute Gasteiger partial charge is 0.139 e. The zero-order chi connectivity index (χ0) is 16.0. The lowest BCUT2D eigenvalue weighted by atomic mass is 9.38. The topological polar surface area (TPSA) is 37.3 Å². The molecule has 0 aliphatic heterocycles. The Labute approximate surface area is 135 Å². The first-order valence-corrected chi connectivity index (χ1v) is 9.36. The van der Waals surface area contributed by atoms with E-state index < -0.39 is 0 Å². The Kier molecular flexibility index (Phi) is 2.88. The van der Waals surface area contributed by atoms with Crippen LogP contribution in [0, 0.1) is 33.5 Å². The maximum atomic E-state index is 12.7. The molecule has 0 amide bonds. The van der Waals surface area contributed by atoms with Crippen molar-refractivity contribution >= 4 is 5.78 Å². The summed E-state index contributed by atoms with van der Waals surface area (Å²) >= 11 is 0. The van der Waals surface area contributed by atoms with Gasteiger partial charge in [-0.3, -0.25) is 4.79 Å². The summed E-state index contributed by atoms with van der Waals surface area (Å²) in [5.41, 5.74) is 0.768. The van der Waals surface area contributed by atoms with Gasteiger partial charge in [-0.05, 0) is 66.6 Å². The highest BCUT2D eigenvalue weighted by Gasteiger charge is 2.70. The molecule has 0 saturated heterocycles. The molecule has 4 aliphatic rings. The molecule has 4 rings (SSSR count). The van der Waals surface area contributed by atoms with E-state index in [1.807, 2.05) is 0 Å². The van der Waals surface area contributed by atoms with Gasteiger partial charge in [0.2, 0.25) is 0 Å². The van der Waals surface area contributed by atoms with Crippen molar-refractivity contribution in [2.75, 3.05) is 0 Å². The number of carbonyl (C=O) groups excluding carboxylic acids is 1. The highest BCUT2D eigenvalue weighted by molar-refractivity contribution is 5.86. The van der Waals surface area contributed by atoms with Crippen LogP contribution in [0.5, 0.6) is 0 Å². The summed E-state index contributed by atoms with van der Waals surface area (Å²) in [5.74, 6) is 1.27. The minimum absolute atomic E-state index is 0.0945. The Hall–Kier alpha value is -0.370. The number of aliphatic hydroxyl groups is 1. The van der Waals surface area contributed by atoms with E-state index >= 15 is 0 Å². The van der Waals surface area contributed by atoms with E-state index in [1.54, 1.807) is 0 Å². The maximum absolute atomic E-state index is 12.7. The molecular weight excluding hydrogens is 272 g/mol. The van der Waals surface area contributed by atoms with Gasteiger partial charge in [0.05, 0.1) is 6.10 Å². The van der Waals surface area contributed by atoms with Crippen molar-refractivity contribution in [2.24, 2.45) is 33.5 Å². The average Bonchev–Trinajstić information content (AvgIpc) is 2.74. The van der Waals surface area contributed by atoms with Gasteiger partial charge in [-0.25, -0.2) is 0 Å². The molecule has 1 unspecified atom stereocenters. The second kappa shape index (κ2) is 4.18. The van der Waals surface area contributed by atoms with E-state index in [1.165, 1.54) is 25.7 Å². The third-order valence-corrected chi connectivity index (χ3v) is 8.93. The summed E-state index contributed by atoms with van der Waals surface area (Å²) in [5, 5.41) is 11.0. The van der Waals surface area contributed by atoms with Crippen LogP contribution < -0.4 is 0 Å². The van der Waals surface area contributed by atoms with E-state index in [9.17, 15) is 9.90 Å². The molecule has 22 heavy (non-hydrogen) atoms. The minimum Gasteiger partial charge on any atom is -0.393 e. The second-order valence-corrected chi connectivity index (χ2v) is 10.2. The quantitative estimate of drug-likeness (QED) is 0.722. The SMILES string of the molecule is CC12CC[C@]3(C1)[C@H](CC2=O)[C@@H](O)C[C@H]1C(C)(C)CCC[C@@]13C. The summed E-state index contributed by atoms with van der Waals surface area (Å²) < 4.78 is 0. The Balaban J connectivity index is 1.85. The summed E-state index contributed by atoms with van der Waals surface area (Å²) in [4.78, 5) is 12.7. The molecule has 0 heterocycles. The van der Waals surface area contributed by atoms with Gasteiger partial charge in [0.15, 0.2) is 0 Å². The van der Waals surface area contributed by atoms with Crippen molar-refractivity contribution in [2.45, 2.75) is 85.2 Å². The van der Waals surface area contributed by atoms with Gasteiger partial charge in [0.1, 0.15) is 5.78 Å². The van der Waals surface area contributed by atoms with Crippen molar-refractivity contribution in [3.63, 3.8) is 0 Å². The number of hydrogen-bond acceptors (Lipinski definition) is 2. The monoisotopic (exact) mass is 304 g/mol. The lowest BCUT2D eigenvalue weighted by Gasteiger charge is -2.67. The van der Waals surface area contributed by atoms with Crippen molar-refractivity contribution in [1.82, 2.24) is 0 Å². The Morgan fingerprint density at radius 1 is 1.05 bits per heavy atom. The van der Waals surface area contributed by atoms with Crippen LogP contribution >= 0.6 is 0 Å². The first kappa shape index (κ1) is 15.2. The summed E-state index contributed by atoms with van der Waals surface area (Å²) in [7, 11) is 0. The van der Waals surface area contributed by atoms with Gasteiger partial charge in [-0.15, -0.1) is 0 Å². The molecule has 0 radical (unpaired) electrons. The van der Waals surface area contributed by atoms with Crippen molar-refractivity contribution in [3.8, 4) is 0 Å². The van der Waals surface area contributed by atoms with Crippen LogP contribution in [0.2, 0.25) is 0 Å². The number of rotatable bonds is 0.